The first-order valence-corrected chi connectivity index (χ1v) is 4.52. The molecule has 4 heteroatoms. The second-order valence-electron chi connectivity index (χ2n) is 3.38. The van der Waals surface area contributed by atoms with Gasteiger partial charge in [0.05, 0.1) is 12.5 Å². The van der Waals surface area contributed by atoms with Gasteiger partial charge in [0.1, 0.15) is 0 Å². The monoisotopic (exact) mass is 186 g/mol. The van der Waals surface area contributed by atoms with E-state index in [-0.39, 0.29) is 24.2 Å². The van der Waals surface area contributed by atoms with Gasteiger partial charge < -0.3 is 9.84 Å². The standard InChI is InChI=1S/C9H14O4/c1-2-13-9(12)7-3-6(4-7)5-8(10)11/h6-7H,2-5H2,1H3,(H,10,11)/t6-,7-. The molecule has 0 amide bonds. The molecule has 0 saturated heterocycles. The summed E-state index contributed by atoms with van der Waals surface area (Å²) in [5.74, 6) is -0.840. The maximum Gasteiger partial charge on any atom is 0.308 e. The lowest BCUT2D eigenvalue weighted by Gasteiger charge is -2.32. The number of esters is 1. The minimum atomic E-state index is -0.785. The Balaban J connectivity index is 2.17. The van der Waals surface area contributed by atoms with E-state index in [0.717, 1.165) is 0 Å². The van der Waals surface area contributed by atoms with Gasteiger partial charge in [-0.1, -0.05) is 0 Å². The van der Waals surface area contributed by atoms with Crippen LogP contribution in [0.2, 0.25) is 0 Å². The number of aliphatic carboxylic acids is 1. The highest BCUT2D eigenvalue weighted by atomic mass is 16.5. The van der Waals surface area contributed by atoms with Crippen molar-refractivity contribution < 1.29 is 19.4 Å². The predicted octanol–water partition coefficient (Wildman–Crippen LogP) is 1.05. The van der Waals surface area contributed by atoms with Crippen molar-refractivity contribution in [3.63, 3.8) is 0 Å². The number of hydrogen-bond acceptors (Lipinski definition) is 3. The molecule has 1 fully saturated rings. The first kappa shape index (κ1) is 10.0. The molecule has 74 valence electrons. The van der Waals surface area contributed by atoms with E-state index in [1.807, 2.05) is 0 Å². The van der Waals surface area contributed by atoms with Crippen LogP contribution >= 0.6 is 0 Å². The summed E-state index contributed by atoms with van der Waals surface area (Å²) in [6, 6.07) is 0. The second kappa shape index (κ2) is 4.25. The van der Waals surface area contributed by atoms with Gasteiger partial charge in [0.25, 0.3) is 0 Å². The summed E-state index contributed by atoms with van der Waals surface area (Å²) in [5, 5.41) is 8.46. The van der Waals surface area contributed by atoms with Crippen LogP contribution in [0.15, 0.2) is 0 Å². The van der Waals surface area contributed by atoms with E-state index in [4.69, 9.17) is 9.84 Å². The average Bonchev–Trinajstić information content (AvgIpc) is 1.95. The molecular formula is C9H14O4. The highest BCUT2D eigenvalue weighted by molar-refractivity contribution is 5.74. The van der Waals surface area contributed by atoms with Gasteiger partial charge in [-0.05, 0) is 25.7 Å². The molecule has 0 aromatic heterocycles. The van der Waals surface area contributed by atoms with Crippen LogP contribution in [-0.4, -0.2) is 23.7 Å². The molecule has 0 radical (unpaired) electrons. The Morgan fingerprint density at radius 1 is 1.46 bits per heavy atom. The Hall–Kier alpha value is -1.06. The minimum absolute atomic E-state index is 0.0516. The normalized spacial score (nSPS) is 26.2. The molecule has 1 saturated carbocycles. The molecule has 0 aromatic carbocycles. The smallest absolute Gasteiger partial charge is 0.308 e. The number of carboxylic acids is 1. The van der Waals surface area contributed by atoms with Gasteiger partial charge >= 0.3 is 11.9 Å². The fraction of sp³-hybridized carbons (Fsp3) is 0.778. The van der Waals surface area contributed by atoms with E-state index in [1.165, 1.54) is 0 Å². The van der Waals surface area contributed by atoms with Gasteiger partial charge in [-0.25, -0.2) is 0 Å². The van der Waals surface area contributed by atoms with Gasteiger partial charge in [0.2, 0.25) is 0 Å². The molecule has 13 heavy (non-hydrogen) atoms. The number of ether oxygens (including phenoxy) is 1. The summed E-state index contributed by atoms with van der Waals surface area (Å²) in [4.78, 5) is 21.4. The van der Waals surface area contributed by atoms with Crippen LogP contribution in [0, 0.1) is 11.8 Å². The van der Waals surface area contributed by atoms with Gasteiger partial charge in [-0.3, -0.25) is 9.59 Å². The van der Waals surface area contributed by atoms with Crippen LogP contribution < -0.4 is 0 Å². The van der Waals surface area contributed by atoms with Crippen LogP contribution in [0.25, 0.3) is 0 Å². The molecule has 1 aliphatic carbocycles. The Morgan fingerprint density at radius 3 is 2.54 bits per heavy atom. The number of hydrogen-bond donors (Lipinski definition) is 1. The first-order valence-electron chi connectivity index (χ1n) is 4.52. The van der Waals surface area contributed by atoms with E-state index in [9.17, 15) is 9.59 Å². The largest absolute Gasteiger partial charge is 0.481 e. The van der Waals surface area contributed by atoms with Crippen molar-refractivity contribution in [1.82, 2.24) is 0 Å². The molecule has 0 aliphatic heterocycles. The Bertz CT molecular complexity index is 206. The molecule has 0 atom stereocenters. The Morgan fingerprint density at radius 2 is 2.08 bits per heavy atom. The number of rotatable bonds is 4. The van der Waals surface area contributed by atoms with E-state index >= 15 is 0 Å². The summed E-state index contributed by atoms with van der Waals surface area (Å²) < 4.78 is 4.81. The quantitative estimate of drug-likeness (QED) is 0.666. The lowest BCUT2D eigenvalue weighted by molar-refractivity contribution is -0.154. The fourth-order valence-electron chi connectivity index (χ4n) is 1.60. The molecule has 0 bridgehead atoms. The molecule has 0 heterocycles. The highest BCUT2D eigenvalue weighted by Crippen LogP contribution is 2.36. The first-order chi connectivity index (χ1) is 6.13. The zero-order valence-electron chi connectivity index (χ0n) is 7.66. The lowest BCUT2D eigenvalue weighted by Crippen LogP contribution is -2.33. The number of carbonyl (C=O) groups excluding carboxylic acids is 1. The summed E-state index contributed by atoms with van der Waals surface area (Å²) >= 11 is 0. The third kappa shape index (κ3) is 2.72. The van der Waals surface area contributed by atoms with Crippen LogP contribution in [0.4, 0.5) is 0 Å². The zero-order valence-corrected chi connectivity index (χ0v) is 7.66. The fourth-order valence-corrected chi connectivity index (χ4v) is 1.60. The van der Waals surface area contributed by atoms with Gasteiger partial charge in [0, 0.05) is 6.42 Å². The average molecular weight is 186 g/mol. The SMILES string of the molecule is CCOC(=O)[C@H]1C[C@H](CC(=O)O)C1. The zero-order chi connectivity index (χ0) is 9.84. The predicted molar refractivity (Wildman–Crippen MR) is 45.1 cm³/mol. The van der Waals surface area contributed by atoms with Crippen molar-refractivity contribution in [2.45, 2.75) is 26.2 Å². The Kier molecular flexibility index (Phi) is 3.28. The molecule has 1 N–H and O–H groups in total. The summed E-state index contributed by atoms with van der Waals surface area (Å²) in [6.07, 6.45) is 1.52. The molecule has 1 aliphatic rings. The van der Waals surface area contributed by atoms with Crippen molar-refractivity contribution in [2.24, 2.45) is 11.8 Å². The van der Waals surface area contributed by atoms with Crippen LogP contribution in [0.5, 0.6) is 0 Å². The van der Waals surface area contributed by atoms with Crippen molar-refractivity contribution in [2.75, 3.05) is 6.61 Å². The van der Waals surface area contributed by atoms with Gasteiger partial charge in [0.15, 0.2) is 0 Å². The van der Waals surface area contributed by atoms with Crippen LogP contribution in [-0.2, 0) is 14.3 Å². The molecule has 1 rings (SSSR count). The number of carboxylic acid groups (broad SMARTS) is 1. The maximum absolute atomic E-state index is 11.1. The lowest BCUT2D eigenvalue weighted by atomic mass is 9.73. The molecule has 0 spiro atoms. The summed E-state index contributed by atoms with van der Waals surface area (Å²) in [5.41, 5.74) is 0. The maximum atomic E-state index is 11.1. The van der Waals surface area contributed by atoms with E-state index in [2.05, 4.69) is 0 Å². The highest BCUT2D eigenvalue weighted by Gasteiger charge is 2.36. The van der Waals surface area contributed by atoms with Gasteiger partial charge in [-0.2, -0.15) is 0 Å². The third-order valence-corrected chi connectivity index (χ3v) is 2.32. The third-order valence-electron chi connectivity index (χ3n) is 2.32. The second-order valence-corrected chi connectivity index (χ2v) is 3.38. The van der Waals surface area contributed by atoms with Crippen molar-refractivity contribution in [1.29, 1.82) is 0 Å². The molecule has 0 aromatic rings. The van der Waals surface area contributed by atoms with E-state index < -0.39 is 5.97 Å². The Labute approximate surface area is 76.9 Å². The van der Waals surface area contributed by atoms with E-state index in [0.29, 0.717) is 19.4 Å². The van der Waals surface area contributed by atoms with Crippen molar-refractivity contribution in [3.05, 3.63) is 0 Å². The summed E-state index contributed by atoms with van der Waals surface area (Å²) in [6.45, 7) is 2.17. The van der Waals surface area contributed by atoms with E-state index in [1.54, 1.807) is 6.92 Å². The molecule has 0 unspecified atom stereocenters. The molecule has 4 nitrogen and oxygen atoms in total. The van der Waals surface area contributed by atoms with Crippen LogP contribution in [0.1, 0.15) is 26.2 Å². The van der Waals surface area contributed by atoms with Crippen LogP contribution in [0.3, 0.4) is 0 Å². The van der Waals surface area contributed by atoms with Crippen molar-refractivity contribution >= 4 is 11.9 Å². The topological polar surface area (TPSA) is 63.6 Å². The molecular weight excluding hydrogens is 172 g/mol. The van der Waals surface area contributed by atoms with Gasteiger partial charge in [-0.15, -0.1) is 0 Å². The minimum Gasteiger partial charge on any atom is -0.481 e. The van der Waals surface area contributed by atoms with Crippen molar-refractivity contribution in [3.8, 4) is 0 Å². The number of carbonyl (C=O) groups is 2. The summed E-state index contributed by atoms with van der Waals surface area (Å²) in [7, 11) is 0.